The van der Waals surface area contributed by atoms with Gasteiger partial charge in [-0.25, -0.2) is 15.0 Å². The summed E-state index contributed by atoms with van der Waals surface area (Å²) in [6.45, 7) is 0. The van der Waals surface area contributed by atoms with Crippen molar-refractivity contribution in [2.45, 2.75) is 0 Å². The van der Waals surface area contributed by atoms with E-state index in [-0.39, 0.29) is 0 Å². The van der Waals surface area contributed by atoms with Crippen molar-refractivity contribution in [3.8, 4) is 28.3 Å². The Labute approximate surface area is 306 Å². The lowest BCUT2D eigenvalue weighted by molar-refractivity contribution is 0.991. The molecule has 5 heterocycles. The van der Waals surface area contributed by atoms with Gasteiger partial charge in [-0.05, 0) is 52.9 Å². The van der Waals surface area contributed by atoms with Gasteiger partial charge in [0.2, 0.25) is 5.95 Å². The molecule has 0 unspecified atom stereocenters. The molecule has 5 nitrogen and oxygen atoms in total. The summed E-state index contributed by atoms with van der Waals surface area (Å²) in [7, 11) is 0. The van der Waals surface area contributed by atoms with Crippen molar-refractivity contribution in [3.63, 3.8) is 0 Å². The van der Waals surface area contributed by atoms with Crippen LogP contribution in [0.1, 0.15) is 0 Å². The fourth-order valence-corrected chi connectivity index (χ4v) is 9.64. The average Bonchev–Trinajstić information content (AvgIpc) is 3.91. The van der Waals surface area contributed by atoms with Crippen LogP contribution in [0, 0.1) is 0 Å². The fraction of sp³-hybridized carbons (Fsp3) is 0. The number of hydrogen-bond donors (Lipinski definition) is 0. The number of fused-ring (bicyclic) bond motifs is 14. The normalized spacial score (nSPS) is 12.2. The molecule has 246 valence electrons. The van der Waals surface area contributed by atoms with Crippen LogP contribution in [-0.4, -0.2) is 23.9 Å². The predicted octanol–water partition coefficient (Wildman–Crippen LogP) is 12.4. The second kappa shape index (κ2) is 10.8. The SMILES string of the molecule is c1ccc(-c2nc(-n3c4ccc(-c5cccc6c5sc5ccccc56)cc4c4c5ccccc5c5nc6ccccc6n5c43)nc3ccccc23)cc1. The van der Waals surface area contributed by atoms with E-state index in [1.165, 1.54) is 31.3 Å². The first-order valence-electron chi connectivity index (χ1n) is 17.8. The minimum atomic E-state index is 0.622. The lowest BCUT2D eigenvalue weighted by atomic mass is 9.99. The van der Waals surface area contributed by atoms with E-state index in [1.807, 2.05) is 17.4 Å². The first-order chi connectivity index (χ1) is 26.3. The minimum absolute atomic E-state index is 0.622. The van der Waals surface area contributed by atoms with Crippen LogP contribution in [0.4, 0.5) is 0 Å². The van der Waals surface area contributed by atoms with Crippen LogP contribution < -0.4 is 0 Å². The number of thiophene rings is 1. The largest absolute Gasteiger partial charge is 0.277 e. The second-order valence-electron chi connectivity index (χ2n) is 13.6. The highest BCUT2D eigenvalue weighted by atomic mass is 32.1. The Morgan fingerprint density at radius 3 is 2.06 bits per heavy atom. The van der Waals surface area contributed by atoms with Crippen molar-refractivity contribution in [1.82, 2.24) is 23.9 Å². The molecule has 0 amide bonds. The Hall–Kier alpha value is -6.89. The Bertz CT molecular complexity index is 3460. The monoisotopic (exact) mass is 693 g/mol. The van der Waals surface area contributed by atoms with Crippen molar-refractivity contribution < 1.29 is 0 Å². The first-order valence-corrected chi connectivity index (χ1v) is 18.6. The van der Waals surface area contributed by atoms with Crippen molar-refractivity contribution in [2.75, 3.05) is 0 Å². The van der Waals surface area contributed by atoms with Crippen LogP contribution in [0.25, 0.3) is 109 Å². The van der Waals surface area contributed by atoms with E-state index in [1.54, 1.807) is 0 Å². The first kappa shape index (κ1) is 28.8. The van der Waals surface area contributed by atoms with E-state index >= 15 is 0 Å². The summed E-state index contributed by atoms with van der Waals surface area (Å²) in [5.74, 6) is 0.622. The van der Waals surface area contributed by atoms with Gasteiger partial charge in [-0.3, -0.25) is 8.97 Å². The molecule has 0 saturated heterocycles. The summed E-state index contributed by atoms with van der Waals surface area (Å²) >= 11 is 1.86. The number of nitrogens with zero attached hydrogens (tertiary/aromatic N) is 5. The zero-order valence-electron chi connectivity index (χ0n) is 28.2. The highest BCUT2D eigenvalue weighted by Gasteiger charge is 2.24. The third-order valence-electron chi connectivity index (χ3n) is 10.7. The Kier molecular flexibility index (Phi) is 5.87. The average molecular weight is 694 g/mol. The number of pyridine rings is 1. The molecule has 0 fully saturated rings. The Balaban J connectivity index is 1.27. The van der Waals surface area contributed by atoms with Crippen LogP contribution in [0.5, 0.6) is 0 Å². The van der Waals surface area contributed by atoms with E-state index in [4.69, 9.17) is 15.0 Å². The molecule has 6 heteroatoms. The third-order valence-corrected chi connectivity index (χ3v) is 11.9. The van der Waals surface area contributed by atoms with Gasteiger partial charge in [0.05, 0.1) is 27.8 Å². The molecule has 0 aliphatic heterocycles. The minimum Gasteiger partial charge on any atom is -0.277 e. The molecule has 0 aliphatic rings. The molecule has 12 aromatic rings. The van der Waals surface area contributed by atoms with Gasteiger partial charge < -0.3 is 0 Å². The molecule has 0 radical (unpaired) electrons. The van der Waals surface area contributed by atoms with Gasteiger partial charge in [0.15, 0.2) is 0 Å². The molecule has 0 N–H and O–H groups in total. The maximum absolute atomic E-state index is 5.43. The van der Waals surface area contributed by atoms with Crippen LogP contribution in [0.3, 0.4) is 0 Å². The number of hydrogen-bond acceptors (Lipinski definition) is 4. The summed E-state index contributed by atoms with van der Waals surface area (Å²) in [6.07, 6.45) is 0. The summed E-state index contributed by atoms with van der Waals surface area (Å²) in [5.41, 5.74) is 10.2. The summed E-state index contributed by atoms with van der Waals surface area (Å²) in [5, 5.41) is 8.16. The fourth-order valence-electron chi connectivity index (χ4n) is 8.40. The maximum atomic E-state index is 5.43. The highest BCUT2D eigenvalue weighted by Crippen LogP contribution is 2.44. The molecule has 53 heavy (non-hydrogen) atoms. The van der Waals surface area contributed by atoms with Gasteiger partial charge >= 0.3 is 0 Å². The standard InChI is InChI=1S/C47H27N5S/c1-2-13-28(14-3-1)43-35-18-6-8-21-37(35)49-47(50-43)52-39-26-25-29(30-19-12-20-33-31-15-7-11-24-41(31)53-44(30)33)27-36(39)42-32-16-4-5-17-34(32)45-48-38-22-9-10-23-40(38)51(45)46(42)52/h1-27H. The van der Waals surface area contributed by atoms with Gasteiger partial charge in [0.25, 0.3) is 0 Å². The molecular formula is C47H27N5S. The van der Waals surface area contributed by atoms with Crippen LogP contribution >= 0.6 is 11.3 Å². The zero-order valence-corrected chi connectivity index (χ0v) is 29.0. The van der Waals surface area contributed by atoms with Crippen molar-refractivity contribution in [1.29, 1.82) is 0 Å². The Morgan fingerprint density at radius 1 is 0.453 bits per heavy atom. The molecule has 7 aromatic carbocycles. The topological polar surface area (TPSA) is 48.0 Å². The molecule has 0 spiro atoms. The molecular weight excluding hydrogens is 667 g/mol. The number of benzene rings is 7. The molecule has 0 atom stereocenters. The number of para-hydroxylation sites is 3. The van der Waals surface area contributed by atoms with Gasteiger partial charge in [0.1, 0.15) is 11.3 Å². The lowest BCUT2D eigenvalue weighted by Gasteiger charge is -2.13. The van der Waals surface area contributed by atoms with Gasteiger partial charge in [-0.15, -0.1) is 11.3 Å². The number of aromatic nitrogens is 5. The summed E-state index contributed by atoms with van der Waals surface area (Å²) in [4.78, 5) is 16.0. The lowest BCUT2D eigenvalue weighted by Crippen LogP contribution is -2.06. The quantitative estimate of drug-likeness (QED) is 0.185. The summed E-state index contributed by atoms with van der Waals surface area (Å²) in [6, 6.07) is 58.1. The van der Waals surface area contributed by atoms with E-state index in [0.717, 1.165) is 71.5 Å². The third kappa shape index (κ3) is 4.04. The van der Waals surface area contributed by atoms with Gasteiger partial charge in [-0.2, -0.15) is 0 Å². The van der Waals surface area contributed by atoms with Crippen LogP contribution in [0.2, 0.25) is 0 Å². The van der Waals surface area contributed by atoms with Gasteiger partial charge in [-0.1, -0.05) is 127 Å². The molecule has 12 rings (SSSR count). The van der Waals surface area contributed by atoms with Crippen molar-refractivity contribution >= 4 is 91.8 Å². The summed E-state index contributed by atoms with van der Waals surface area (Å²) < 4.78 is 7.19. The molecule has 0 bridgehead atoms. The Morgan fingerprint density at radius 2 is 1.17 bits per heavy atom. The van der Waals surface area contributed by atoms with Crippen LogP contribution in [0.15, 0.2) is 164 Å². The predicted molar refractivity (Wildman–Crippen MR) is 221 cm³/mol. The zero-order chi connectivity index (χ0) is 34.6. The smallest absolute Gasteiger partial charge is 0.236 e. The maximum Gasteiger partial charge on any atom is 0.236 e. The number of rotatable bonds is 3. The van der Waals surface area contributed by atoms with E-state index in [2.05, 4.69) is 167 Å². The van der Waals surface area contributed by atoms with Crippen LogP contribution in [-0.2, 0) is 0 Å². The highest BCUT2D eigenvalue weighted by molar-refractivity contribution is 7.26. The van der Waals surface area contributed by atoms with Crippen molar-refractivity contribution in [2.24, 2.45) is 0 Å². The second-order valence-corrected chi connectivity index (χ2v) is 14.7. The number of imidazole rings is 1. The van der Waals surface area contributed by atoms with Crippen molar-refractivity contribution in [3.05, 3.63) is 164 Å². The van der Waals surface area contributed by atoms with E-state index < -0.39 is 0 Å². The van der Waals surface area contributed by atoms with Gasteiger partial charge in [0, 0.05) is 47.3 Å². The molecule has 0 saturated carbocycles. The van der Waals surface area contributed by atoms with E-state index in [0.29, 0.717) is 5.95 Å². The molecule has 0 aliphatic carbocycles. The molecule has 5 aromatic heterocycles. The van der Waals surface area contributed by atoms with E-state index in [9.17, 15) is 0 Å².